The van der Waals surface area contributed by atoms with Crippen molar-refractivity contribution in [3.8, 4) is 0 Å². The third-order valence-electron chi connectivity index (χ3n) is 2.18. The van der Waals surface area contributed by atoms with Crippen molar-refractivity contribution in [3.63, 3.8) is 0 Å². The van der Waals surface area contributed by atoms with Gasteiger partial charge in [-0.2, -0.15) is 0 Å². The van der Waals surface area contributed by atoms with E-state index >= 15 is 0 Å². The van der Waals surface area contributed by atoms with E-state index in [4.69, 9.17) is 4.74 Å². The average Bonchev–Trinajstić information content (AvgIpc) is 2.12. The highest BCUT2D eigenvalue weighted by Gasteiger charge is 2.16. The first-order valence-electron chi connectivity index (χ1n) is 4.06. The van der Waals surface area contributed by atoms with Gasteiger partial charge in [0.15, 0.2) is 0 Å². The summed E-state index contributed by atoms with van der Waals surface area (Å²) in [5, 5.41) is 9.25. The third-order valence-corrected chi connectivity index (χ3v) is 2.18. The van der Waals surface area contributed by atoms with Gasteiger partial charge in [0.25, 0.3) is 0 Å². The lowest BCUT2D eigenvalue weighted by Gasteiger charge is -2.15. The van der Waals surface area contributed by atoms with E-state index in [2.05, 4.69) is 0 Å². The molecular weight excluding hydrogens is 128 g/mol. The van der Waals surface area contributed by atoms with Crippen LogP contribution in [0.15, 0.2) is 0 Å². The van der Waals surface area contributed by atoms with Gasteiger partial charge < -0.3 is 9.84 Å². The summed E-state index contributed by atoms with van der Waals surface area (Å²) in [7, 11) is 0. The number of ether oxygens (including phenoxy) is 1. The van der Waals surface area contributed by atoms with E-state index in [1.807, 2.05) is 6.92 Å². The summed E-state index contributed by atoms with van der Waals surface area (Å²) in [6.07, 6.45) is 3.10. The topological polar surface area (TPSA) is 29.5 Å². The predicted molar refractivity (Wildman–Crippen MR) is 39.8 cm³/mol. The van der Waals surface area contributed by atoms with Crippen molar-refractivity contribution in [2.24, 2.45) is 5.92 Å². The van der Waals surface area contributed by atoms with Gasteiger partial charge >= 0.3 is 0 Å². The number of aliphatic hydroxyl groups is 1. The smallest absolute Gasteiger partial charge is 0.0541 e. The van der Waals surface area contributed by atoms with Crippen LogP contribution in [-0.4, -0.2) is 24.4 Å². The molecule has 2 nitrogen and oxygen atoms in total. The third kappa shape index (κ3) is 2.27. The van der Waals surface area contributed by atoms with E-state index < -0.39 is 0 Å². The van der Waals surface area contributed by atoms with Crippen LogP contribution in [-0.2, 0) is 4.74 Å². The lowest BCUT2D eigenvalue weighted by atomic mass is 9.96. The van der Waals surface area contributed by atoms with E-state index in [9.17, 15) is 5.11 Å². The van der Waals surface area contributed by atoms with Gasteiger partial charge in [0, 0.05) is 13.2 Å². The highest BCUT2D eigenvalue weighted by Crippen LogP contribution is 2.18. The molecule has 0 radical (unpaired) electrons. The van der Waals surface area contributed by atoms with Crippen molar-refractivity contribution < 1.29 is 9.84 Å². The number of hydrogen-bond acceptors (Lipinski definition) is 2. The lowest BCUT2D eigenvalue weighted by Crippen LogP contribution is -2.16. The molecule has 0 bridgehead atoms. The number of aliphatic hydroxyl groups excluding tert-OH is 1. The van der Waals surface area contributed by atoms with Gasteiger partial charge in [0.1, 0.15) is 0 Å². The van der Waals surface area contributed by atoms with Crippen LogP contribution in [0.1, 0.15) is 26.2 Å². The molecule has 1 aliphatic rings. The molecule has 0 aromatic rings. The maximum atomic E-state index is 9.25. The maximum absolute atomic E-state index is 9.25. The summed E-state index contributed by atoms with van der Waals surface area (Å²) < 4.78 is 5.26. The first kappa shape index (κ1) is 8.02. The SMILES string of the molecule is C[C@H](O)C1CCCOCC1. The highest BCUT2D eigenvalue weighted by atomic mass is 16.5. The first-order valence-corrected chi connectivity index (χ1v) is 4.06. The second-order valence-corrected chi connectivity index (χ2v) is 3.04. The quantitative estimate of drug-likeness (QED) is 0.599. The van der Waals surface area contributed by atoms with Crippen molar-refractivity contribution in [3.05, 3.63) is 0 Å². The molecule has 10 heavy (non-hydrogen) atoms. The van der Waals surface area contributed by atoms with Gasteiger partial charge in [0.2, 0.25) is 0 Å². The average molecular weight is 144 g/mol. The van der Waals surface area contributed by atoms with E-state index in [1.165, 1.54) is 0 Å². The van der Waals surface area contributed by atoms with Gasteiger partial charge in [-0.15, -0.1) is 0 Å². The Morgan fingerprint density at radius 2 is 2.20 bits per heavy atom. The second kappa shape index (κ2) is 3.94. The minimum Gasteiger partial charge on any atom is -0.393 e. The van der Waals surface area contributed by atoms with E-state index in [1.54, 1.807) is 0 Å². The minimum absolute atomic E-state index is 0.151. The number of rotatable bonds is 1. The van der Waals surface area contributed by atoms with Gasteiger partial charge in [0.05, 0.1) is 6.10 Å². The Balaban J connectivity index is 2.28. The van der Waals surface area contributed by atoms with Gasteiger partial charge in [-0.1, -0.05) is 0 Å². The van der Waals surface area contributed by atoms with Crippen LogP contribution in [0.3, 0.4) is 0 Å². The Labute approximate surface area is 62.2 Å². The lowest BCUT2D eigenvalue weighted by molar-refractivity contribution is 0.102. The minimum atomic E-state index is -0.151. The van der Waals surface area contributed by atoms with Crippen LogP contribution in [0.2, 0.25) is 0 Å². The van der Waals surface area contributed by atoms with Gasteiger partial charge in [-0.3, -0.25) is 0 Å². The van der Waals surface area contributed by atoms with Crippen LogP contribution < -0.4 is 0 Å². The Kier molecular flexibility index (Phi) is 3.16. The van der Waals surface area contributed by atoms with E-state index in [0.29, 0.717) is 5.92 Å². The molecule has 60 valence electrons. The molecule has 0 saturated carbocycles. The maximum Gasteiger partial charge on any atom is 0.0541 e. The van der Waals surface area contributed by atoms with Crippen LogP contribution in [0.5, 0.6) is 0 Å². The second-order valence-electron chi connectivity index (χ2n) is 3.04. The summed E-state index contributed by atoms with van der Waals surface area (Å²) in [5.41, 5.74) is 0. The summed E-state index contributed by atoms with van der Waals surface area (Å²) in [4.78, 5) is 0. The summed E-state index contributed by atoms with van der Waals surface area (Å²) >= 11 is 0. The van der Waals surface area contributed by atoms with Crippen molar-refractivity contribution >= 4 is 0 Å². The molecule has 0 aromatic carbocycles. The monoisotopic (exact) mass is 144 g/mol. The fourth-order valence-electron chi connectivity index (χ4n) is 1.41. The molecule has 1 heterocycles. The molecule has 0 aromatic heterocycles. The Morgan fingerprint density at radius 1 is 1.40 bits per heavy atom. The molecular formula is C8H16O2. The molecule has 1 saturated heterocycles. The summed E-state index contributed by atoms with van der Waals surface area (Å²) in [6.45, 7) is 3.58. The summed E-state index contributed by atoms with van der Waals surface area (Å²) in [5.74, 6) is 0.475. The predicted octanol–water partition coefficient (Wildman–Crippen LogP) is 1.18. The van der Waals surface area contributed by atoms with E-state index in [-0.39, 0.29) is 6.10 Å². The largest absolute Gasteiger partial charge is 0.393 e. The van der Waals surface area contributed by atoms with Crippen molar-refractivity contribution in [1.82, 2.24) is 0 Å². The Morgan fingerprint density at radius 3 is 2.90 bits per heavy atom. The Hall–Kier alpha value is -0.0800. The number of hydrogen-bond donors (Lipinski definition) is 1. The summed E-state index contributed by atoms with van der Waals surface area (Å²) in [6, 6.07) is 0. The van der Waals surface area contributed by atoms with Crippen molar-refractivity contribution in [2.75, 3.05) is 13.2 Å². The molecule has 1 fully saturated rings. The zero-order valence-corrected chi connectivity index (χ0v) is 6.55. The first-order chi connectivity index (χ1) is 4.80. The fourth-order valence-corrected chi connectivity index (χ4v) is 1.41. The molecule has 1 N–H and O–H groups in total. The van der Waals surface area contributed by atoms with Gasteiger partial charge in [-0.05, 0) is 32.1 Å². The molecule has 1 rings (SSSR count). The van der Waals surface area contributed by atoms with Crippen LogP contribution >= 0.6 is 0 Å². The fraction of sp³-hybridized carbons (Fsp3) is 1.00. The van der Waals surface area contributed by atoms with Crippen LogP contribution in [0.25, 0.3) is 0 Å². The van der Waals surface area contributed by atoms with Crippen molar-refractivity contribution in [1.29, 1.82) is 0 Å². The highest BCUT2D eigenvalue weighted by molar-refractivity contribution is 4.66. The molecule has 2 atom stereocenters. The molecule has 0 spiro atoms. The Bertz CT molecular complexity index is 83.3. The van der Waals surface area contributed by atoms with Crippen molar-refractivity contribution in [2.45, 2.75) is 32.3 Å². The zero-order valence-electron chi connectivity index (χ0n) is 6.55. The standard InChI is InChI=1S/C8H16O2/c1-7(9)8-3-2-5-10-6-4-8/h7-9H,2-6H2,1H3/t7-,8?/m0/s1. The molecule has 0 aliphatic carbocycles. The molecule has 2 heteroatoms. The van der Waals surface area contributed by atoms with Gasteiger partial charge in [-0.25, -0.2) is 0 Å². The van der Waals surface area contributed by atoms with E-state index in [0.717, 1.165) is 32.5 Å². The van der Waals surface area contributed by atoms with Crippen LogP contribution in [0.4, 0.5) is 0 Å². The molecule has 1 aliphatic heterocycles. The normalized spacial score (nSPS) is 31.2. The molecule has 1 unspecified atom stereocenters. The van der Waals surface area contributed by atoms with Crippen LogP contribution in [0, 0.1) is 5.92 Å². The zero-order chi connectivity index (χ0) is 7.40. The molecule has 0 amide bonds.